The average molecular weight is 306 g/mol. The van der Waals surface area contributed by atoms with E-state index in [-0.39, 0.29) is 5.56 Å². The van der Waals surface area contributed by atoms with Crippen molar-refractivity contribution in [3.8, 4) is 0 Å². The monoisotopic (exact) mass is 305 g/mol. The minimum absolute atomic E-state index is 0.0212. The molecule has 2 heterocycles. The number of fused-ring (bicyclic) bond motifs is 1. The van der Waals surface area contributed by atoms with Crippen molar-refractivity contribution in [2.75, 3.05) is 0 Å². The molecule has 0 amide bonds. The van der Waals surface area contributed by atoms with Gasteiger partial charge in [-0.05, 0) is 11.6 Å². The van der Waals surface area contributed by atoms with Crippen LogP contribution in [0.2, 0.25) is 0 Å². The fourth-order valence-electron chi connectivity index (χ4n) is 2.14. The SMILES string of the molecule is O=c1[nH]c(Cc2ccccc2Br)nc2c1CNC2. The van der Waals surface area contributed by atoms with E-state index < -0.39 is 0 Å². The molecule has 18 heavy (non-hydrogen) atoms. The van der Waals surface area contributed by atoms with Crippen LogP contribution < -0.4 is 10.9 Å². The Bertz CT molecular complexity index is 651. The summed E-state index contributed by atoms with van der Waals surface area (Å²) in [6, 6.07) is 7.96. The summed E-state index contributed by atoms with van der Waals surface area (Å²) in [4.78, 5) is 19.2. The van der Waals surface area contributed by atoms with Crippen LogP contribution in [0.1, 0.15) is 22.6 Å². The molecule has 2 N–H and O–H groups in total. The number of halogens is 1. The second kappa shape index (κ2) is 4.66. The lowest BCUT2D eigenvalue weighted by Crippen LogP contribution is -2.17. The van der Waals surface area contributed by atoms with Crippen LogP contribution >= 0.6 is 15.9 Å². The highest BCUT2D eigenvalue weighted by Gasteiger charge is 2.16. The molecule has 0 saturated carbocycles. The molecule has 0 fully saturated rings. The van der Waals surface area contributed by atoms with Crippen molar-refractivity contribution in [1.29, 1.82) is 0 Å². The maximum atomic E-state index is 11.9. The second-order valence-corrected chi connectivity index (χ2v) is 5.16. The molecule has 0 bridgehead atoms. The zero-order valence-electron chi connectivity index (χ0n) is 9.66. The van der Waals surface area contributed by atoms with Crippen molar-refractivity contribution in [1.82, 2.24) is 15.3 Å². The number of rotatable bonds is 2. The normalized spacial score (nSPS) is 13.6. The van der Waals surface area contributed by atoms with Crippen molar-refractivity contribution < 1.29 is 0 Å². The number of hydrogen-bond acceptors (Lipinski definition) is 3. The predicted molar refractivity (Wildman–Crippen MR) is 72.3 cm³/mol. The van der Waals surface area contributed by atoms with Gasteiger partial charge in [0.25, 0.3) is 5.56 Å². The van der Waals surface area contributed by atoms with Crippen LogP contribution in [-0.2, 0) is 19.5 Å². The molecule has 0 saturated heterocycles. The van der Waals surface area contributed by atoms with Gasteiger partial charge in [0.2, 0.25) is 0 Å². The zero-order chi connectivity index (χ0) is 12.5. The van der Waals surface area contributed by atoms with Gasteiger partial charge in [0.05, 0.1) is 11.3 Å². The highest BCUT2D eigenvalue weighted by atomic mass is 79.9. The Morgan fingerprint density at radius 1 is 1.28 bits per heavy atom. The Morgan fingerprint density at radius 2 is 2.11 bits per heavy atom. The molecule has 0 unspecified atom stereocenters. The molecule has 1 aliphatic rings. The van der Waals surface area contributed by atoms with Gasteiger partial charge in [0.1, 0.15) is 5.82 Å². The molecule has 1 aromatic heterocycles. The molecule has 0 aliphatic carbocycles. The van der Waals surface area contributed by atoms with Gasteiger partial charge in [-0.15, -0.1) is 0 Å². The number of nitrogens with zero attached hydrogens (tertiary/aromatic N) is 1. The highest BCUT2D eigenvalue weighted by Crippen LogP contribution is 2.18. The van der Waals surface area contributed by atoms with Gasteiger partial charge >= 0.3 is 0 Å². The van der Waals surface area contributed by atoms with Gasteiger partial charge in [-0.3, -0.25) is 4.79 Å². The first kappa shape index (κ1) is 11.6. The molecular formula is C13H12BrN3O. The summed E-state index contributed by atoms with van der Waals surface area (Å²) >= 11 is 3.50. The number of hydrogen-bond donors (Lipinski definition) is 2. The number of aromatic nitrogens is 2. The van der Waals surface area contributed by atoms with Crippen molar-refractivity contribution in [3.63, 3.8) is 0 Å². The fourth-order valence-corrected chi connectivity index (χ4v) is 2.56. The number of nitrogens with one attached hydrogen (secondary N) is 2. The molecule has 2 aromatic rings. The van der Waals surface area contributed by atoms with E-state index in [1.807, 2.05) is 24.3 Å². The minimum atomic E-state index is -0.0212. The largest absolute Gasteiger partial charge is 0.310 e. The van der Waals surface area contributed by atoms with Crippen LogP contribution in [0.15, 0.2) is 33.5 Å². The Morgan fingerprint density at radius 3 is 2.94 bits per heavy atom. The number of benzene rings is 1. The topological polar surface area (TPSA) is 57.8 Å². The van der Waals surface area contributed by atoms with Gasteiger partial charge in [-0.25, -0.2) is 4.98 Å². The van der Waals surface area contributed by atoms with E-state index in [4.69, 9.17) is 0 Å². The zero-order valence-corrected chi connectivity index (χ0v) is 11.3. The van der Waals surface area contributed by atoms with E-state index in [0.717, 1.165) is 21.3 Å². The van der Waals surface area contributed by atoms with Crippen LogP contribution in [0.3, 0.4) is 0 Å². The summed E-state index contributed by atoms with van der Waals surface area (Å²) in [6.07, 6.45) is 0.629. The van der Waals surface area contributed by atoms with Crippen molar-refractivity contribution in [3.05, 3.63) is 61.7 Å². The smallest absolute Gasteiger partial charge is 0.255 e. The van der Waals surface area contributed by atoms with Crippen LogP contribution in [0.4, 0.5) is 0 Å². The van der Waals surface area contributed by atoms with Crippen LogP contribution in [-0.4, -0.2) is 9.97 Å². The Hall–Kier alpha value is -1.46. The molecule has 3 rings (SSSR count). The summed E-state index contributed by atoms with van der Waals surface area (Å²) in [5, 5.41) is 3.14. The van der Waals surface area contributed by atoms with Crippen molar-refractivity contribution >= 4 is 15.9 Å². The van der Waals surface area contributed by atoms with E-state index in [2.05, 4.69) is 31.2 Å². The summed E-state index contributed by atoms with van der Waals surface area (Å²) < 4.78 is 1.03. The van der Waals surface area contributed by atoms with Gasteiger partial charge in [-0.2, -0.15) is 0 Å². The van der Waals surface area contributed by atoms with Gasteiger partial charge < -0.3 is 10.3 Å². The lowest BCUT2D eigenvalue weighted by Gasteiger charge is -2.05. The Balaban J connectivity index is 1.97. The summed E-state index contributed by atoms with van der Waals surface area (Å²) in [5.41, 5.74) is 2.74. The Labute approximate surface area is 113 Å². The molecule has 4 nitrogen and oxygen atoms in total. The minimum Gasteiger partial charge on any atom is -0.310 e. The molecular weight excluding hydrogens is 294 g/mol. The van der Waals surface area contributed by atoms with E-state index >= 15 is 0 Å². The second-order valence-electron chi connectivity index (χ2n) is 4.31. The average Bonchev–Trinajstić information content (AvgIpc) is 2.81. The third kappa shape index (κ3) is 2.11. The lowest BCUT2D eigenvalue weighted by atomic mass is 10.1. The quantitative estimate of drug-likeness (QED) is 0.888. The molecule has 92 valence electrons. The molecule has 0 atom stereocenters. The summed E-state index contributed by atoms with van der Waals surface area (Å²) in [6.45, 7) is 1.30. The van der Waals surface area contributed by atoms with E-state index in [1.165, 1.54) is 0 Å². The van der Waals surface area contributed by atoms with Gasteiger partial charge in [0, 0.05) is 24.0 Å². The van der Waals surface area contributed by atoms with Crippen molar-refractivity contribution in [2.45, 2.75) is 19.5 Å². The number of H-pyrrole nitrogens is 1. The maximum Gasteiger partial charge on any atom is 0.255 e. The van der Waals surface area contributed by atoms with E-state index in [0.29, 0.717) is 25.3 Å². The first-order valence-corrected chi connectivity index (χ1v) is 6.58. The Kier molecular flexibility index (Phi) is 3.01. The third-order valence-electron chi connectivity index (χ3n) is 3.06. The van der Waals surface area contributed by atoms with E-state index in [9.17, 15) is 4.79 Å². The van der Waals surface area contributed by atoms with E-state index in [1.54, 1.807) is 0 Å². The molecule has 0 spiro atoms. The predicted octanol–water partition coefficient (Wildman–Crippen LogP) is 1.73. The highest BCUT2D eigenvalue weighted by molar-refractivity contribution is 9.10. The summed E-state index contributed by atoms with van der Waals surface area (Å²) in [7, 11) is 0. The summed E-state index contributed by atoms with van der Waals surface area (Å²) in [5.74, 6) is 0.717. The molecule has 1 aromatic carbocycles. The van der Waals surface area contributed by atoms with Gasteiger partial charge in [-0.1, -0.05) is 34.1 Å². The molecule has 5 heteroatoms. The first-order chi connectivity index (χ1) is 8.74. The third-order valence-corrected chi connectivity index (χ3v) is 3.83. The van der Waals surface area contributed by atoms with Crippen LogP contribution in [0, 0.1) is 0 Å². The lowest BCUT2D eigenvalue weighted by molar-refractivity contribution is 0.755. The fraction of sp³-hybridized carbons (Fsp3) is 0.231. The van der Waals surface area contributed by atoms with Crippen LogP contribution in [0.25, 0.3) is 0 Å². The molecule has 1 aliphatic heterocycles. The van der Waals surface area contributed by atoms with Crippen molar-refractivity contribution in [2.24, 2.45) is 0 Å². The maximum absolute atomic E-state index is 11.9. The molecule has 0 radical (unpaired) electrons. The number of aromatic amines is 1. The standard InChI is InChI=1S/C13H12BrN3O/c14-10-4-2-1-3-8(10)5-12-16-11-7-15-6-9(11)13(18)17-12/h1-4,15H,5-7H2,(H,16,17,18). The van der Waals surface area contributed by atoms with Crippen LogP contribution in [0.5, 0.6) is 0 Å². The van der Waals surface area contributed by atoms with Gasteiger partial charge in [0.15, 0.2) is 0 Å². The first-order valence-electron chi connectivity index (χ1n) is 5.79.